The molecule has 0 radical (unpaired) electrons. The summed E-state index contributed by atoms with van der Waals surface area (Å²) in [5, 5.41) is 0.575. The normalized spacial score (nSPS) is 10.6. The molecule has 0 atom stereocenters. The van der Waals surface area contributed by atoms with Gasteiger partial charge in [-0.05, 0) is 24.3 Å². The van der Waals surface area contributed by atoms with E-state index in [1.807, 2.05) is 35.0 Å². The highest BCUT2D eigenvalue weighted by Gasteiger charge is 2.11. The molecule has 0 fully saturated rings. The monoisotopic (exact) mass is 270 g/mol. The largest absolute Gasteiger partial charge is 0.399 e. The number of hydrogen-bond acceptors (Lipinski definition) is 3. The van der Waals surface area contributed by atoms with E-state index < -0.39 is 0 Å². The highest BCUT2D eigenvalue weighted by atomic mass is 35.5. The molecular weight excluding hydrogens is 260 g/mol. The van der Waals surface area contributed by atoms with Gasteiger partial charge in [-0.2, -0.15) is 0 Å². The van der Waals surface area contributed by atoms with Gasteiger partial charge in [-0.1, -0.05) is 23.7 Å². The van der Waals surface area contributed by atoms with Crippen LogP contribution in [-0.4, -0.2) is 14.5 Å². The Kier molecular flexibility index (Phi) is 2.93. The van der Waals surface area contributed by atoms with Gasteiger partial charge in [0.1, 0.15) is 5.82 Å². The predicted molar refractivity (Wildman–Crippen MR) is 76.2 cm³/mol. The molecule has 5 heteroatoms. The molecule has 19 heavy (non-hydrogen) atoms. The fraction of sp³-hybridized carbons (Fsp3) is 0. The minimum Gasteiger partial charge on any atom is -0.399 e. The summed E-state index contributed by atoms with van der Waals surface area (Å²) in [6, 6.07) is 11.1. The molecule has 0 unspecified atom stereocenters. The molecule has 0 spiro atoms. The van der Waals surface area contributed by atoms with E-state index in [2.05, 4.69) is 9.97 Å². The van der Waals surface area contributed by atoms with Crippen molar-refractivity contribution in [1.29, 1.82) is 0 Å². The topological polar surface area (TPSA) is 56.7 Å². The van der Waals surface area contributed by atoms with Gasteiger partial charge in [0.05, 0.1) is 5.02 Å². The summed E-state index contributed by atoms with van der Waals surface area (Å²) < 4.78 is 1.84. The van der Waals surface area contributed by atoms with Crippen LogP contribution in [0.15, 0.2) is 55.0 Å². The van der Waals surface area contributed by atoms with Crippen LogP contribution in [-0.2, 0) is 0 Å². The van der Waals surface area contributed by atoms with Crippen molar-refractivity contribution in [2.45, 2.75) is 0 Å². The molecule has 0 aliphatic carbocycles. The fourth-order valence-corrected chi connectivity index (χ4v) is 2.13. The minimum absolute atomic E-state index is 0.575. The first-order valence-corrected chi connectivity index (χ1v) is 6.13. The van der Waals surface area contributed by atoms with Crippen LogP contribution in [0, 0.1) is 0 Å². The Bertz CT molecular complexity index is 721. The fourth-order valence-electron chi connectivity index (χ4n) is 1.92. The van der Waals surface area contributed by atoms with Gasteiger partial charge in [-0.3, -0.25) is 4.57 Å². The number of halogens is 1. The maximum atomic E-state index is 6.17. The van der Waals surface area contributed by atoms with Gasteiger partial charge < -0.3 is 5.73 Å². The van der Waals surface area contributed by atoms with Gasteiger partial charge in [0, 0.05) is 29.8 Å². The average Bonchev–Trinajstić information content (AvgIpc) is 2.88. The quantitative estimate of drug-likeness (QED) is 0.728. The Morgan fingerprint density at radius 3 is 2.74 bits per heavy atom. The number of rotatable bonds is 2. The van der Waals surface area contributed by atoms with Gasteiger partial charge in [0.25, 0.3) is 0 Å². The van der Waals surface area contributed by atoms with Crippen molar-refractivity contribution in [1.82, 2.24) is 14.5 Å². The first-order chi connectivity index (χ1) is 9.25. The van der Waals surface area contributed by atoms with E-state index in [0.717, 1.165) is 11.4 Å². The Balaban J connectivity index is 2.16. The number of hydrogen-bond donors (Lipinski definition) is 1. The molecule has 0 amide bonds. The zero-order chi connectivity index (χ0) is 13.2. The van der Waals surface area contributed by atoms with Crippen molar-refractivity contribution in [2.24, 2.45) is 0 Å². The molecule has 94 valence electrons. The zero-order valence-electron chi connectivity index (χ0n) is 9.99. The van der Waals surface area contributed by atoms with Crippen LogP contribution in [0.3, 0.4) is 0 Å². The third kappa shape index (κ3) is 2.18. The molecule has 0 aliphatic heterocycles. The number of nitrogens with two attached hydrogens (primary N) is 1. The Morgan fingerprint density at radius 2 is 1.95 bits per heavy atom. The number of anilines is 1. The summed E-state index contributed by atoms with van der Waals surface area (Å²) >= 11 is 6.17. The number of nitrogen functional groups attached to an aromatic ring is 1. The van der Waals surface area contributed by atoms with Crippen LogP contribution >= 0.6 is 11.6 Å². The second-order valence-corrected chi connectivity index (χ2v) is 4.46. The van der Waals surface area contributed by atoms with Crippen LogP contribution in [0.2, 0.25) is 5.02 Å². The standard InChI is InChI=1S/C14H11ClN4/c15-12-5-2-6-17-14(12)19-8-7-18-13(19)10-3-1-4-11(16)9-10/h1-9H,16H2. The minimum atomic E-state index is 0.575. The Hall–Kier alpha value is -2.33. The first kappa shape index (κ1) is 11.7. The van der Waals surface area contributed by atoms with E-state index in [1.54, 1.807) is 24.5 Å². The number of pyridine rings is 1. The highest BCUT2D eigenvalue weighted by Crippen LogP contribution is 2.25. The second-order valence-electron chi connectivity index (χ2n) is 4.06. The second kappa shape index (κ2) is 4.74. The highest BCUT2D eigenvalue weighted by molar-refractivity contribution is 6.32. The Labute approximate surface area is 115 Å². The van der Waals surface area contributed by atoms with Gasteiger partial charge >= 0.3 is 0 Å². The van der Waals surface area contributed by atoms with Crippen LogP contribution in [0.5, 0.6) is 0 Å². The lowest BCUT2D eigenvalue weighted by molar-refractivity contribution is 1.00. The molecule has 2 aromatic heterocycles. The third-order valence-corrected chi connectivity index (χ3v) is 3.05. The summed E-state index contributed by atoms with van der Waals surface area (Å²) in [5.74, 6) is 1.41. The van der Waals surface area contributed by atoms with E-state index in [-0.39, 0.29) is 0 Å². The lowest BCUT2D eigenvalue weighted by Gasteiger charge is -2.08. The molecule has 2 N–H and O–H groups in total. The van der Waals surface area contributed by atoms with Crippen LogP contribution < -0.4 is 5.73 Å². The number of imidazole rings is 1. The maximum Gasteiger partial charge on any atom is 0.157 e. The summed E-state index contributed by atoms with van der Waals surface area (Å²) in [7, 11) is 0. The van der Waals surface area contributed by atoms with Crippen LogP contribution in [0.25, 0.3) is 17.2 Å². The van der Waals surface area contributed by atoms with Crippen molar-refractivity contribution < 1.29 is 0 Å². The summed E-state index contributed by atoms with van der Waals surface area (Å²) in [6.07, 6.45) is 5.24. The van der Waals surface area contributed by atoms with Crippen molar-refractivity contribution in [2.75, 3.05) is 5.73 Å². The van der Waals surface area contributed by atoms with Crippen molar-refractivity contribution in [3.63, 3.8) is 0 Å². The summed E-state index contributed by atoms with van der Waals surface area (Å²) in [6.45, 7) is 0. The van der Waals surface area contributed by atoms with Gasteiger partial charge in [0.15, 0.2) is 5.82 Å². The molecule has 1 aromatic carbocycles. The van der Waals surface area contributed by atoms with Gasteiger partial charge in [-0.25, -0.2) is 9.97 Å². The maximum absolute atomic E-state index is 6.17. The van der Waals surface area contributed by atoms with Crippen LogP contribution in [0.1, 0.15) is 0 Å². The van der Waals surface area contributed by atoms with Gasteiger partial charge in [0.2, 0.25) is 0 Å². The molecule has 4 nitrogen and oxygen atoms in total. The SMILES string of the molecule is Nc1cccc(-c2nccn2-c2ncccc2Cl)c1. The predicted octanol–water partition coefficient (Wildman–Crippen LogP) is 3.17. The molecule has 3 aromatic rings. The molecule has 0 aliphatic rings. The third-order valence-electron chi connectivity index (χ3n) is 2.75. The molecular formula is C14H11ClN4. The van der Waals surface area contributed by atoms with Crippen molar-refractivity contribution in [3.8, 4) is 17.2 Å². The molecule has 3 rings (SSSR count). The van der Waals surface area contributed by atoms with Gasteiger partial charge in [-0.15, -0.1) is 0 Å². The summed E-state index contributed by atoms with van der Waals surface area (Å²) in [4.78, 5) is 8.64. The number of nitrogens with zero attached hydrogens (tertiary/aromatic N) is 3. The average molecular weight is 271 g/mol. The van der Waals surface area contributed by atoms with E-state index in [0.29, 0.717) is 16.5 Å². The lowest BCUT2D eigenvalue weighted by Crippen LogP contribution is -2.00. The zero-order valence-corrected chi connectivity index (χ0v) is 10.7. The number of benzene rings is 1. The van der Waals surface area contributed by atoms with Crippen molar-refractivity contribution >= 4 is 17.3 Å². The van der Waals surface area contributed by atoms with E-state index in [1.165, 1.54) is 0 Å². The first-order valence-electron chi connectivity index (χ1n) is 5.76. The van der Waals surface area contributed by atoms with Crippen LogP contribution in [0.4, 0.5) is 5.69 Å². The smallest absolute Gasteiger partial charge is 0.157 e. The Morgan fingerprint density at radius 1 is 1.05 bits per heavy atom. The summed E-state index contributed by atoms with van der Waals surface area (Å²) in [5.41, 5.74) is 7.42. The van der Waals surface area contributed by atoms with E-state index in [9.17, 15) is 0 Å². The molecule has 0 bridgehead atoms. The van der Waals surface area contributed by atoms with E-state index in [4.69, 9.17) is 17.3 Å². The molecule has 0 saturated carbocycles. The molecule has 2 heterocycles. The van der Waals surface area contributed by atoms with E-state index >= 15 is 0 Å². The van der Waals surface area contributed by atoms with Crippen molar-refractivity contribution in [3.05, 3.63) is 60.0 Å². The number of aromatic nitrogens is 3. The lowest BCUT2D eigenvalue weighted by atomic mass is 10.2. The molecule has 0 saturated heterocycles.